The molecule has 0 aliphatic heterocycles. The summed E-state index contributed by atoms with van der Waals surface area (Å²) in [5, 5.41) is 19.6. The van der Waals surface area contributed by atoms with E-state index in [9.17, 15) is 10.2 Å². The molecule has 0 unspecified atom stereocenters. The van der Waals surface area contributed by atoms with E-state index in [2.05, 4.69) is 0 Å². The molecule has 0 bridgehead atoms. The van der Waals surface area contributed by atoms with Crippen molar-refractivity contribution >= 4 is 0 Å². The molecule has 0 amide bonds. The van der Waals surface area contributed by atoms with Gasteiger partial charge in [0.15, 0.2) is 0 Å². The van der Waals surface area contributed by atoms with Crippen LogP contribution in [0.2, 0.25) is 0 Å². The highest BCUT2D eigenvalue weighted by molar-refractivity contribution is 5.44. The quantitative estimate of drug-likeness (QED) is 0.698. The number of aliphatic hydroxyl groups is 1. The molecular formula is C14H21NO2. The molecule has 3 heteroatoms. The maximum atomic E-state index is 10.1. The predicted octanol–water partition coefficient (Wildman–Crippen LogP) is 2.10. The lowest BCUT2D eigenvalue weighted by atomic mass is 9.75. The Labute approximate surface area is 102 Å². The molecule has 4 N–H and O–H groups in total. The highest BCUT2D eigenvalue weighted by Crippen LogP contribution is 2.39. The number of rotatable bonds is 1. The maximum absolute atomic E-state index is 10.1. The van der Waals surface area contributed by atoms with E-state index in [0.717, 1.165) is 29.5 Å². The normalized spacial score (nSPS) is 29.3. The monoisotopic (exact) mass is 235 g/mol. The van der Waals surface area contributed by atoms with Crippen molar-refractivity contribution in [3.63, 3.8) is 0 Å². The number of phenols is 1. The fourth-order valence-corrected chi connectivity index (χ4v) is 2.59. The summed E-state index contributed by atoms with van der Waals surface area (Å²) >= 11 is 0. The standard InChI is InChI=1S/C14H21NO2/c1-9-7-12(13(17)8-10(9)2)14(15)5-3-11(16)4-6-14/h7-8,11,16-17H,3-6,15H2,1-2H3. The molecule has 1 saturated carbocycles. The van der Waals surface area contributed by atoms with E-state index in [4.69, 9.17) is 5.73 Å². The smallest absolute Gasteiger partial charge is 0.120 e. The Kier molecular flexibility index (Phi) is 3.15. The number of aliphatic hydroxyl groups excluding tert-OH is 1. The van der Waals surface area contributed by atoms with Crippen molar-refractivity contribution in [2.45, 2.75) is 51.2 Å². The molecule has 1 aromatic carbocycles. The van der Waals surface area contributed by atoms with Crippen molar-refractivity contribution in [3.05, 3.63) is 28.8 Å². The van der Waals surface area contributed by atoms with Crippen molar-refractivity contribution in [3.8, 4) is 5.75 Å². The largest absolute Gasteiger partial charge is 0.508 e. The number of hydrogen-bond donors (Lipinski definition) is 3. The molecule has 1 fully saturated rings. The zero-order chi connectivity index (χ0) is 12.6. The van der Waals surface area contributed by atoms with E-state index >= 15 is 0 Å². The Morgan fingerprint density at radius 2 is 1.71 bits per heavy atom. The molecule has 0 atom stereocenters. The summed E-state index contributed by atoms with van der Waals surface area (Å²) < 4.78 is 0. The topological polar surface area (TPSA) is 66.5 Å². The van der Waals surface area contributed by atoms with Gasteiger partial charge in [-0.2, -0.15) is 0 Å². The molecule has 0 saturated heterocycles. The van der Waals surface area contributed by atoms with E-state index in [1.54, 1.807) is 6.07 Å². The maximum Gasteiger partial charge on any atom is 0.120 e. The van der Waals surface area contributed by atoms with Gasteiger partial charge in [-0.25, -0.2) is 0 Å². The van der Waals surface area contributed by atoms with Crippen LogP contribution in [0.3, 0.4) is 0 Å². The second kappa shape index (κ2) is 4.31. The third-order valence-electron chi connectivity index (χ3n) is 4.00. The van der Waals surface area contributed by atoms with E-state index in [-0.39, 0.29) is 11.9 Å². The van der Waals surface area contributed by atoms with Gasteiger partial charge in [-0.15, -0.1) is 0 Å². The van der Waals surface area contributed by atoms with Gasteiger partial charge in [-0.3, -0.25) is 0 Å². The molecule has 0 spiro atoms. The van der Waals surface area contributed by atoms with Gasteiger partial charge in [0, 0.05) is 11.1 Å². The zero-order valence-corrected chi connectivity index (χ0v) is 10.5. The number of aryl methyl sites for hydroxylation is 2. The van der Waals surface area contributed by atoms with Crippen LogP contribution in [0.25, 0.3) is 0 Å². The van der Waals surface area contributed by atoms with Gasteiger partial charge < -0.3 is 15.9 Å². The Hall–Kier alpha value is -1.06. The van der Waals surface area contributed by atoms with Gasteiger partial charge >= 0.3 is 0 Å². The molecule has 1 aromatic rings. The number of phenolic OH excluding ortho intramolecular Hbond substituents is 1. The van der Waals surface area contributed by atoms with Crippen LogP contribution in [0.15, 0.2) is 12.1 Å². The minimum absolute atomic E-state index is 0.236. The number of hydrogen-bond acceptors (Lipinski definition) is 3. The summed E-state index contributed by atoms with van der Waals surface area (Å²) in [5.41, 5.74) is 8.96. The van der Waals surface area contributed by atoms with Crippen LogP contribution in [0.5, 0.6) is 5.75 Å². The van der Waals surface area contributed by atoms with Crippen LogP contribution in [0, 0.1) is 13.8 Å². The average molecular weight is 235 g/mol. The molecule has 1 aliphatic rings. The first-order valence-electron chi connectivity index (χ1n) is 6.20. The average Bonchev–Trinajstić information content (AvgIpc) is 2.28. The van der Waals surface area contributed by atoms with Crippen molar-refractivity contribution in [2.24, 2.45) is 5.73 Å². The Morgan fingerprint density at radius 3 is 2.29 bits per heavy atom. The highest BCUT2D eigenvalue weighted by atomic mass is 16.3. The van der Waals surface area contributed by atoms with Crippen molar-refractivity contribution in [1.29, 1.82) is 0 Å². The third-order valence-corrected chi connectivity index (χ3v) is 4.00. The van der Waals surface area contributed by atoms with E-state index in [1.165, 1.54) is 0 Å². The van der Waals surface area contributed by atoms with Gasteiger partial charge in [0.1, 0.15) is 5.75 Å². The summed E-state index contributed by atoms with van der Waals surface area (Å²) in [5.74, 6) is 0.284. The van der Waals surface area contributed by atoms with E-state index in [0.29, 0.717) is 12.8 Å². The second-order valence-electron chi connectivity index (χ2n) is 5.34. The fraction of sp³-hybridized carbons (Fsp3) is 0.571. The summed E-state index contributed by atoms with van der Waals surface area (Å²) in [7, 11) is 0. The Balaban J connectivity index is 2.36. The van der Waals surface area contributed by atoms with Gasteiger partial charge in [-0.1, -0.05) is 6.07 Å². The van der Waals surface area contributed by atoms with Crippen molar-refractivity contribution in [2.75, 3.05) is 0 Å². The van der Waals surface area contributed by atoms with Crippen LogP contribution >= 0.6 is 0 Å². The Bertz CT molecular complexity index is 420. The van der Waals surface area contributed by atoms with Gasteiger partial charge in [0.05, 0.1) is 6.10 Å². The van der Waals surface area contributed by atoms with Gasteiger partial charge in [-0.05, 0) is 56.7 Å². The second-order valence-corrected chi connectivity index (χ2v) is 5.34. The molecule has 0 aromatic heterocycles. The molecule has 0 heterocycles. The van der Waals surface area contributed by atoms with Crippen LogP contribution in [-0.4, -0.2) is 16.3 Å². The summed E-state index contributed by atoms with van der Waals surface area (Å²) in [6.45, 7) is 4.01. The van der Waals surface area contributed by atoms with Gasteiger partial charge in [0.25, 0.3) is 0 Å². The van der Waals surface area contributed by atoms with Crippen LogP contribution in [-0.2, 0) is 5.54 Å². The fourth-order valence-electron chi connectivity index (χ4n) is 2.59. The van der Waals surface area contributed by atoms with Crippen LogP contribution in [0.1, 0.15) is 42.4 Å². The predicted molar refractivity (Wildman–Crippen MR) is 67.9 cm³/mol. The first-order valence-corrected chi connectivity index (χ1v) is 6.20. The van der Waals surface area contributed by atoms with Gasteiger partial charge in [0.2, 0.25) is 0 Å². The van der Waals surface area contributed by atoms with Crippen LogP contribution < -0.4 is 5.73 Å². The van der Waals surface area contributed by atoms with Crippen LogP contribution in [0.4, 0.5) is 0 Å². The first-order chi connectivity index (χ1) is 7.92. The number of benzene rings is 1. The molecule has 17 heavy (non-hydrogen) atoms. The lowest BCUT2D eigenvalue weighted by Gasteiger charge is -2.36. The summed E-state index contributed by atoms with van der Waals surface area (Å²) in [6.07, 6.45) is 2.64. The lowest BCUT2D eigenvalue weighted by molar-refractivity contribution is 0.0960. The minimum Gasteiger partial charge on any atom is -0.508 e. The van der Waals surface area contributed by atoms with Crippen molar-refractivity contribution in [1.82, 2.24) is 0 Å². The molecule has 2 rings (SSSR count). The minimum atomic E-state index is -0.484. The highest BCUT2D eigenvalue weighted by Gasteiger charge is 2.34. The van der Waals surface area contributed by atoms with E-state index in [1.807, 2.05) is 19.9 Å². The summed E-state index contributed by atoms with van der Waals surface area (Å²) in [6, 6.07) is 3.77. The number of nitrogens with two attached hydrogens (primary N) is 1. The zero-order valence-electron chi connectivity index (χ0n) is 10.5. The molecule has 1 aliphatic carbocycles. The lowest BCUT2D eigenvalue weighted by Crippen LogP contribution is -2.41. The summed E-state index contributed by atoms with van der Waals surface area (Å²) in [4.78, 5) is 0. The van der Waals surface area contributed by atoms with Crippen molar-refractivity contribution < 1.29 is 10.2 Å². The molecule has 0 radical (unpaired) electrons. The first kappa shape index (κ1) is 12.4. The molecule has 94 valence electrons. The number of aromatic hydroxyl groups is 1. The van der Waals surface area contributed by atoms with E-state index < -0.39 is 5.54 Å². The SMILES string of the molecule is Cc1cc(O)c(C2(N)CCC(O)CC2)cc1C. The molecular weight excluding hydrogens is 214 g/mol. The third kappa shape index (κ3) is 2.31. The Morgan fingerprint density at radius 1 is 1.18 bits per heavy atom. The molecule has 3 nitrogen and oxygen atoms in total.